The number of aromatic nitrogens is 4. The summed E-state index contributed by atoms with van der Waals surface area (Å²) in [6.45, 7) is 0. The van der Waals surface area contributed by atoms with Crippen LogP contribution in [0.3, 0.4) is 0 Å². The number of benzene rings is 6. The molecule has 0 aliphatic carbocycles. The van der Waals surface area contributed by atoms with Crippen LogP contribution in [0.4, 0.5) is 0 Å². The van der Waals surface area contributed by atoms with Crippen molar-refractivity contribution in [2.24, 2.45) is 0 Å². The second-order valence-corrected chi connectivity index (χ2v) is 11.2. The topological polar surface area (TPSA) is 91.2 Å². The smallest absolute Gasteiger partial charge is 0.165 e. The number of fused-ring (bicyclic) bond motifs is 3. The molecule has 0 aliphatic rings. The van der Waals surface area contributed by atoms with Crippen LogP contribution in [0.25, 0.3) is 72.8 Å². The molecule has 47 heavy (non-hydrogen) atoms. The van der Waals surface area contributed by atoms with E-state index >= 15 is 0 Å². The van der Waals surface area contributed by atoms with Gasteiger partial charge < -0.3 is 4.57 Å². The van der Waals surface area contributed by atoms with E-state index in [1.54, 1.807) is 0 Å². The molecule has 0 N–H and O–H groups in total. The van der Waals surface area contributed by atoms with E-state index in [1.165, 1.54) is 0 Å². The average molecular weight is 601 g/mol. The van der Waals surface area contributed by atoms with Crippen LogP contribution >= 0.6 is 0 Å². The van der Waals surface area contributed by atoms with E-state index < -0.39 is 0 Å². The van der Waals surface area contributed by atoms with Crippen molar-refractivity contribution in [3.8, 4) is 63.1 Å². The zero-order valence-corrected chi connectivity index (χ0v) is 25.0. The Kier molecular flexibility index (Phi) is 6.80. The van der Waals surface area contributed by atoms with E-state index in [9.17, 15) is 10.5 Å². The molecule has 0 saturated carbocycles. The Bertz CT molecular complexity index is 2480. The molecule has 0 unspecified atom stereocenters. The van der Waals surface area contributed by atoms with Crippen molar-refractivity contribution in [1.29, 1.82) is 10.5 Å². The van der Waals surface area contributed by atoms with Crippen LogP contribution in [-0.2, 0) is 0 Å². The highest BCUT2D eigenvalue weighted by molar-refractivity contribution is 6.10. The van der Waals surface area contributed by atoms with Crippen LogP contribution in [0.15, 0.2) is 146 Å². The van der Waals surface area contributed by atoms with Gasteiger partial charge in [-0.1, -0.05) is 97.1 Å². The van der Waals surface area contributed by atoms with E-state index in [0.29, 0.717) is 34.2 Å². The van der Waals surface area contributed by atoms with Crippen LogP contribution < -0.4 is 0 Å². The van der Waals surface area contributed by atoms with Crippen molar-refractivity contribution in [1.82, 2.24) is 19.5 Å². The third kappa shape index (κ3) is 4.97. The molecule has 8 rings (SSSR count). The van der Waals surface area contributed by atoms with Gasteiger partial charge in [0, 0.05) is 33.2 Å². The molecule has 6 nitrogen and oxygen atoms in total. The molecule has 8 aromatic rings. The minimum absolute atomic E-state index is 0.427. The first-order chi connectivity index (χ1) is 23.2. The lowest BCUT2D eigenvalue weighted by atomic mass is 10.0. The summed E-state index contributed by atoms with van der Waals surface area (Å²) in [5.74, 6) is 1.50. The molecule has 0 fully saturated rings. The first-order valence-corrected chi connectivity index (χ1v) is 15.2. The SMILES string of the molecule is N#Cc1cccc(-c2ccc3c(c2)c2ccccc2n3-c2ccc(C#N)c(-c3nc(-c4ccccc4)nc(-c4ccccc4)n3)c2)c1. The second kappa shape index (κ2) is 11.6. The largest absolute Gasteiger partial charge is 0.309 e. The molecule has 6 heteroatoms. The van der Waals surface area contributed by atoms with E-state index in [4.69, 9.17) is 15.0 Å². The predicted octanol–water partition coefficient (Wildman–Crippen LogP) is 9.38. The van der Waals surface area contributed by atoms with Gasteiger partial charge in [0.1, 0.15) is 0 Å². The molecule has 0 radical (unpaired) electrons. The van der Waals surface area contributed by atoms with Crippen molar-refractivity contribution < 1.29 is 0 Å². The lowest BCUT2D eigenvalue weighted by molar-refractivity contribution is 1.07. The van der Waals surface area contributed by atoms with Gasteiger partial charge in [0.05, 0.1) is 34.3 Å². The van der Waals surface area contributed by atoms with Crippen molar-refractivity contribution >= 4 is 21.8 Å². The fourth-order valence-corrected chi connectivity index (χ4v) is 6.08. The third-order valence-corrected chi connectivity index (χ3v) is 8.32. The van der Waals surface area contributed by atoms with Gasteiger partial charge >= 0.3 is 0 Å². The average Bonchev–Trinajstić information content (AvgIpc) is 3.49. The summed E-state index contributed by atoms with van der Waals surface area (Å²) in [4.78, 5) is 14.6. The van der Waals surface area contributed by atoms with Gasteiger partial charge in [0.15, 0.2) is 17.5 Å². The molecule has 0 aliphatic heterocycles. The molecule has 0 spiro atoms. The Morgan fingerprint density at radius 2 is 1.06 bits per heavy atom. The Morgan fingerprint density at radius 3 is 1.77 bits per heavy atom. The summed E-state index contributed by atoms with van der Waals surface area (Å²) >= 11 is 0. The summed E-state index contributed by atoms with van der Waals surface area (Å²) in [5.41, 5.74) is 8.40. The van der Waals surface area contributed by atoms with Gasteiger partial charge in [-0.2, -0.15) is 10.5 Å². The fourth-order valence-electron chi connectivity index (χ4n) is 6.08. The molecule has 0 bridgehead atoms. The van der Waals surface area contributed by atoms with Crippen LogP contribution in [0.1, 0.15) is 11.1 Å². The molecule has 2 aromatic heterocycles. The number of nitriles is 2. The zero-order chi connectivity index (χ0) is 31.7. The Balaban J connectivity index is 1.34. The van der Waals surface area contributed by atoms with Gasteiger partial charge in [-0.05, 0) is 59.7 Å². The molecule has 0 amide bonds. The maximum absolute atomic E-state index is 10.2. The summed E-state index contributed by atoms with van der Waals surface area (Å²) < 4.78 is 2.21. The monoisotopic (exact) mass is 600 g/mol. The summed E-state index contributed by atoms with van der Waals surface area (Å²) in [6, 6.07) is 52.4. The molecular formula is C41H24N6. The Labute approximate surface area is 271 Å². The highest BCUT2D eigenvalue weighted by Gasteiger charge is 2.18. The van der Waals surface area contributed by atoms with Crippen LogP contribution in [0.2, 0.25) is 0 Å². The first kappa shape index (κ1) is 27.6. The maximum Gasteiger partial charge on any atom is 0.165 e. The molecule has 2 heterocycles. The van der Waals surface area contributed by atoms with Gasteiger partial charge in [0.25, 0.3) is 0 Å². The van der Waals surface area contributed by atoms with E-state index in [1.807, 2.05) is 115 Å². The lowest BCUT2D eigenvalue weighted by Gasteiger charge is -2.13. The minimum atomic E-state index is 0.427. The maximum atomic E-state index is 10.2. The molecule has 218 valence electrons. The predicted molar refractivity (Wildman–Crippen MR) is 185 cm³/mol. The quantitative estimate of drug-likeness (QED) is 0.196. The fraction of sp³-hybridized carbons (Fsp3) is 0. The first-order valence-electron chi connectivity index (χ1n) is 15.2. The van der Waals surface area contributed by atoms with Crippen molar-refractivity contribution in [3.05, 3.63) is 157 Å². The van der Waals surface area contributed by atoms with Crippen LogP contribution in [-0.4, -0.2) is 19.5 Å². The second-order valence-electron chi connectivity index (χ2n) is 11.2. The van der Waals surface area contributed by atoms with Gasteiger partial charge in [-0.3, -0.25) is 0 Å². The standard InChI is InChI=1S/C41H24N6/c42-25-27-10-9-15-30(22-27)31-19-21-38-36(23-31)34-16-7-8-17-37(34)47(38)33-20-18-32(26-43)35(24-33)41-45-39(28-11-3-1-4-12-28)44-40(46-41)29-13-5-2-6-14-29/h1-24H. The van der Waals surface area contributed by atoms with Gasteiger partial charge in [0.2, 0.25) is 0 Å². The van der Waals surface area contributed by atoms with Crippen molar-refractivity contribution in [3.63, 3.8) is 0 Å². The minimum Gasteiger partial charge on any atom is -0.309 e. The number of para-hydroxylation sites is 1. The van der Waals surface area contributed by atoms with Gasteiger partial charge in [-0.25, -0.2) is 15.0 Å². The van der Waals surface area contributed by atoms with Crippen molar-refractivity contribution in [2.75, 3.05) is 0 Å². The highest BCUT2D eigenvalue weighted by atomic mass is 15.0. The zero-order valence-electron chi connectivity index (χ0n) is 25.0. The number of nitrogens with zero attached hydrogens (tertiary/aromatic N) is 6. The van der Waals surface area contributed by atoms with E-state index in [0.717, 1.165) is 49.7 Å². The molecule has 0 saturated heterocycles. The summed E-state index contributed by atoms with van der Waals surface area (Å²) in [6.07, 6.45) is 0. The normalized spacial score (nSPS) is 10.9. The third-order valence-electron chi connectivity index (χ3n) is 8.32. The molecule has 6 aromatic carbocycles. The lowest BCUT2D eigenvalue weighted by Crippen LogP contribution is -2.02. The van der Waals surface area contributed by atoms with E-state index in [2.05, 4.69) is 47.0 Å². The van der Waals surface area contributed by atoms with Crippen molar-refractivity contribution in [2.45, 2.75) is 0 Å². The Morgan fingerprint density at radius 1 is 0.447 bits per heavy atom. The van der Waals surface area contributed by atoms with Gasteiger partial charge in [-0.15, -0.1) is 0 Å². The highest BCUT2D eigenvalue weighted by Crippen LogP contribution is 2.36. The Hall–Kier alpha value is -6.89. The molecule has 0 atom stereocenters. The number of hydrogen-bond acceptors (Lipinski definition) is 5. The molecular weight excluding hydrogens is 576 g/mol. The van der Waals surface area contributed by atoms with Crippen LogP contribution in [0.5, 0.6) is 0 Å². The number of rotatable bonds is 5. The summed E-state index contributed by atoms with van der Waals surface area (Å²) in [7, 11) is 0. The summed E-state index contributed by atoms with van der Waals surface area (Å²) in [5, 5.41) is 21.9. The van der Waals surface area contributed by atoms with Crippen LogP contribution in [0, 0.1) is 22.7 Å². The number of hydrogen-bond donors (Lipinski definition) is 0. The van der Waals surface area contributed by atoms with E-state index in [-0.39, 0.29) is 0 Å².